The van der Waals surface area contributed by atoms with Gasteiger partial charge in [-0.15, -0.1) is 0 Å². The van der Waals surface area contributed by atoms with E-state index in [1.807, 2.05) is 6.07 Å². The van der Waals surface area contributed by atoms with Crippen molar-refractivity contribution in [2.24, 2.45) is 5.73 Å². The molecule has 0 aliphatic heterocycles. The van der Waals surface area contributed by atoms with Crippen LogP contribution < -0.4 is 16.2 Å². The van der Waals surface area contributed by atoms with Gasteiger partial charge in [0.25, 0.3) is 0 Å². The first-order valence-electron chi connectivity index (χ1n) is 4.40. The van der Waals surface area contributed by atoms with E-state index in [1.165, 1.54) is 0 Å². The maximum Gasteiger partial charge on any atom is 0.136 e. The zero-order chi connectivity index (χ0) is 10.4. The number of rotatable bonds is 2. The molecular formula is C11H14N2O. The number of nitrogens with two attached hydrogens (primary N) is 2. The summed E-state index contributed by atoms with van der Waals surface area (Å²) in [6, 6.07) is 5.40. The van der Waals surface area contributed by atoms with E-state index in [1.54, 1.807) is 19.2 Å². The molecule has 0 spiro atoms. The number of anilines is 1. The normalized spacial score (nSPS) is 9.00. The van der Waals surface area contributed by atoms with E-state index in [4.69, 9.17) is 16.2 Å². The van der Waals surface area contributed by atoms with Gasteiger partial charge in [0.2, 0.25) is 0 Å². The molecule has 0 amide bonds. The number of hydrogen-bond donors (Lipinski definition) is 2. The van der Waals surface area contributed by atoms with Crippen molar-refractivity contribution in [3.63, 3.8) is 0 Å². The second-order valence-corrected chi connectivity index (χ2v) is 2.80. The Hall–Kier alpha value is -1.66. The number of nitrogen functional groups attached to an aromatic ring is 1. The second kappa shape index (κ2) is 5.15. The van der Waals surface area contributed by atoms with Crippen LogP contribution in [0.5, 0.6) is 5.75 Å². The fraction of sp³-hybridized carbons (Fsp3) is 0.273. The van der Waals surface area contributed by atoms with Crippen LogP contribution in [0.15, 0.2) is 18.2 Å². The topological polar surface area (TPSA) is 61.3 Å². The zero-order valence-corrected chi connectivity index (χ0v) is 8.21. The van der Waals surface area contributed by atoms with Crippen molar-refractivity contribution < 1.29 is 4.74 Å². The molecular weight excluding hydrogens is 176 g/mol. The summed E-state index contributed by atoms with van der Waals surface area (Å²) in [5, 5.41) is 0. The minimum absolute atomic E-state index is 0.574. The molecule has 0 aliphatic carbocycles. The van der Waals surface area contributed by atoms with E-state index in [2.05, 4.69) is 11.8 Å². The van der Waals surface area contributed by atoms with Gasteiger partial charge in [0, 0.05) is 24.7 Å². The van der Waals surface area contributed by atoms with E-state index in [0.29, 0.717) is 24.4 Å². The fourth-order valence-electron chi connectivity index (χ4n) is 1.04. The van der Waals surface area contributed by atoms with Crippen molar-refractivity contribution >= 4 is 5.69 Å². The van der Waals surface area contributed by atoms with Crippen LogP contribution in [0.3, 0.4) is 0 Å². The van der Waals surface area contributed by atoms with E-state index < -0.39 is 0 Å². The van der Waals surface area contributed by atoms with Gasteiger partial charge in [-0.3, -0.25) is 0 Å². The molecule has 0 fully saturated rings. The number of ether oxygens (including phenoxy) is 1. The standard InChI is InChI=1S/C11H14N2O/c1-14-11-8-10(13)6-5-9(11)4-2-3-7-12/h5-6,8H,3,7,12-13H2,1H3. The van der Waals surface area contributed by atoms with Crippen LogP contribution >= 0.6 is 0 Å². The third kappa shape index (κ3) is 2.68. The predicted octanol–water partition coefficient (Wildman–Crippen LogP) is 0.978. The minimum Gasteiger partial charge on any atom is -0.495 e. The lowest BCUT2D eigenvalue weighted by molar-refractivity contribution is 0.414. The molecule has 3 nitrogen and oxygen atoms in total. The molecule has 0 heterocycles. The molecule has 4 N–H and O–H groups in total. The SMILES string of the molecule is COc1cc(N)ccc1C#CCCN. The van der Waals surface area contributed by atoms with Gasteiger partial charge in [0.15, 0.2) is 0 Å². The van der Waals surface area contributed by atoms with Crippen molar-refractivity contribution in [2.45, 2.75) is 6.42 Å². The van der Waals surface area contributed by atoms with Gasteiger partial charge < -0.3 is 16.2 Å². The highest BCUT2D eigenvalue weighted by Gasteiger charge is 1.99. The average Bonchev–Trinajstić information content (AvgIpc) is 2.20. The summed E-state index contributed by atoms with van der Waals surface area (Å²) >= 11 is 0. The highest BCUT2D eigenvalue weighted by Crippen LogP contribution is 2.20. The monoisotopic (exact) mass is 190 g/mol. The molecule has 1 aromatic rings. The third-order valence-electron chi connectivity index (χ3n) is 1.72. The Labute approximate surface area is 84.0 Å². The molecule has 1 aromatic carbocycles. The quantitative estimate of drug-likeness (QED) is 0.539. The van der Waals surface area contributed by atoms with Crippen LogP contribution in [0.1, 0.15) is 12.0 Å². The number of hydrogen-bond acceptors (Lipinski definition) is 3. The molecule has 3 heteroatoms. The minimum atomic E-state index is 0.574. The lowest BCUT2D eigenvalue weighted by Crippen LogP contribution is -1.96. The molecule has 14 heavy (non-hydrogen) atoms. The third-order valence-corrected chi connectivity index (χ3v) is 1.72. The zero-order valence-electron chi connectivity index (χ0n) is 8.21. The summed E-state index contributed by atoms with van der Waals surface area (Å²) in [5.74, 6) is 6.63. The van der Waals surface area contributed by atoms with Gasteiger partial charge in [-0.1, -0.05) is 11.8 Å². The van der Waals surface area contributed by atoms with Gasteiger partial charge in [-0.2, -0.15) is 0 Å². The summed E-state index contributed by atoms with van der Waals surface area (Å²) in [5.41, 5.74) is 12.5. The Balaban J connectivity index is 2.92. The Morgan fingerprint density at radius 3 is 2.86 bits per heavy atom. The highest BCUT2D eigenvalue weighted by molar-refractivity contribution is 5.54. The molecule has 0 aliphatic rings. The molecule has 0 aromatic heterocycles. The van der Waals surface area contributed by atoms with Crippen molar-refractivity contribution in [3.05, 3.63) is 23.8 Å². The molecule has 1 rings (SSSR count). The van der Waals surface area contributed by atoms with Crippen LogP contribution in [-0.2, 0) is 0 Å². The first-order chi connectivity index (χ1) is 6.77. The van der Waals surface area contributed by atoms with E-state index in [9.17, 15) is 0 Å². The fourth-order valence-corrected chi connectivity index (χ4v) is 1.04. The van der Waals surface area contributed by atoms with Crippen LogP contribution in [0.4, 0.5) is 5.69 Å². The maximum atomic E-state index is 5.61. The molecule has 0 bridgehead atoms. The van der Waals surface area contributed by atoms with Crippen LogP contribution in [0, 0.1) is 11.8 Å². The van der Waals surface area contributed by atoms with Gasteiger partial charge in [0.1, 0.15) is 5.75 Å². The maximum absolute atomic E-state index is 5.61. The van der Waals surface area contributed by atoms with Gasteiger partial charge in [0.05, 0.1) is 12.7 Å². The van der Waals surface area contributed by atoms with E-state index in [-0.39, 0.29) is 0 Å². The Morgan fingerprint density at radius 1 is 1.43 bits per heavy atom. The van der Waals surface area contributed by atoms with Gasteiger partial charge in [-0.25, -0.2) is 0 Å². The largest absolute Gasteiger partial charge is 0.495 e. The van der Waals surface area contributed by atoms with Gasteiger partial charge in [-0.05, 0) is 12.1 Å². The van der Waals surface area contributed by atoms with E-state index in [0.717, 1.165) is 5.56 Å². The van der Waals surface area contributed by atoms with E-state index >= 15 is 0 Å². The van der Waals surface area contributed by atoms with Crippen LogP contribution in [-0.4, -0.2) is 13.7 Å². The summed E-state index contributed by atoms with van der Waals surface area (Å²) in [7, 11) is 1.60. The summed E-state index contributed by atoms with van der Waals surface area (Å²) in [6.45, 7) is 0.574. The number of benzene rings is 1. The Bertz CT molecular complexity index is 363. The number of methoxy groups -OCH3 is 1. The van der Waals surface area contributed by atoms with Crippen molar-refractivity contribution in [3.8, 4) is 17.6 Å². The smallest absolute Gasteiger partial charge is 0.136 e. The summed E-state index contributed by atoms with van der Waals surface area (Å²) in [4.78, 5) is 0. The van der Waals surface area contributed by atoms with Crippen molar-refractivity contribution in [2.75, 3.05) is 19.4 Å². The molecule has 0 unspecified atom stereocenters. The first-order valence-corrected chi connectivity index (χ1v) is 4.40. The first kappa shape index (κ1) is 10.4. The molecule has 0 saturated heterocycles. The highest BCUT2D eigenvalue weighted by atomic mass is 16.5. The second-order valence-electron chi connectivity index (χ2n) is 2.80. The molecule has 74 valence electrons. The molecule has 0 saturated carbocycles. The Kier molecular flexibility index (Phi) is 3.84. The van der Waals surface area contributed by atoms with Gasteiger partial charge >= 0.3 is 0 Å². The average molecular weight is 190 g/mol. The van der Waals surface area contributed by atoms with Crippen LogP contribution in [0.2, 0.25) is 0 Å². The Morgan fingerprint density at radius 2 is 2.21 bits per heavy atom. The predicted molar refractivity (Wildman–Crippen MR) is 58.0 cm³/mol. The molecule has 0 radical (unpaired) electrons. The lowest BCUT2D eigenvalue weighted by atomic mass is 10.2. The van der Waals surface area contributed by atoms with Crippen molar-refractivity contribution in [1.82, 2.24) is 0 Å². The molecule has 0 atom stereocenters. The summed E-state index contributed by atoms with van der Waals surface area (Å²) < 4.78 is 5.14. The van der Waals surface area contributed by atoms with Crippen molar-refractivity contribution in [1.29, 1.82) is 0 Å². The summed E-state index contributed by atoms with van der Waals surface area (Å²) in [6.07, 6.45) is 0.688. The van der Waals surface area contributed by atoms with Crippen LogP contribution in [0.25, 0.3) is 0 Å². The lowest BCUT2D eigenvalue weighted by Gasteiger charge is -2.03.